The highest BCUT2D eigenvalue weighted by atomic mass is 32.2. The molecule has 0 aliphatic carbocycles. The van der Waals surface area contributed by atoms with Gasteiger partial charge in [0.25, 0.3) is 10.0 Å². The molecule has 1 heterocycles. The third-order valence-corrected chi connectivity index (χ3v) is 5.38. The summed E-state index contributed by atoms with van der Waals surface area (Å²) in [4.78, 5) is 0.177. The van der Waals surface area contributed by atoms with E-state index in [4.69, 9.17) is 0 Å². The van der Waals surface area contributed by atoms with Gasteiger partial charge in [-0.25, -0.2) is 12.8 Å². The molecule has 0 radical (unpaired) electrons. The highest BCUT2D eigenvalue weighted by Crippen LogP contribution is 2.37. The van der Waals surface area contributed by atoms with Crippen LogP contribution in [0.5, 0.6) is 0 Å². The molecule has 1 aliphatic heterocycles. The Morgan fingerprint density at radius 3 is 2.57 bits per heavy atom. The summed E-state index contributed by atoms with van der Waals surface area (Å²) in [7, 11) is -3.71. The first kappa shape index (κ1) is 14.0. The van der Waals surface area contributed by atoms with Crippen LogP contribution in [0.25, 0.3) is 0 Å². The number of aliphatic hydroxyl groups is 1. The van der Waals surface area contributed by atoms with Crippen molar-refractivity contribution in [1.82, 2.24) is 0 Å². The summed E-state index contributed by atoms with van der Waals surface area (Å²) in [5, 5.41) is 9.95. The molecule has 0 fully saturated rings. The minimum atomic E-state index is -3.71. The van der Waals surface area contributed by atoms with Gasteiger partial charge in [0.2, 0.25) is 0 Å². The van der Waals surface area contributed by atoms with E-state index in [-0.39, 0.29) is 17.9 Å². The molecule has 1 N–H and O–H groups in total. The Morgan fingerprint density at radius 2 is 1.86 bits per heavy atom. The van der Waals surface area contributed by atoms with Crippen molar-refractivity contribution < 1.29 is 17.9 Å². The SMILES string of the molecule is O=S(=O)(c1ccccc1)N1CCC(O)c2cc(F)ccc21. The molecular weight excluding hydrogens is 293 g/mol. The smallest absolute Gasteiger partial charge is 0.264 e. The largest absolute Gasteiger partial charge is 0.388 e. The fraction of sp³-hybridized carbons (Fsp3) is 0.200. The fourth-order valence-electron chi connectivity index (χ4n) is 2.50. The molecule has 0 aromatic heterocycles. The van der Waals surface area contributed by atoms with E-state index in [1.165, 1.54) is 34.6 Å². The van der Waals surface area contributed by atoms with Crippen LogP contribution in [0.4, 0.5) is 10.1 Å². The third kappa shape index (κ3) is 2.41. The Morgan fingerprint density at radius 1 is 1.14 bits per heavy atom. The van der Waals surface area contributed by atoms with Gasteiger partial charge in [0.05, 0.1) is 16.7 Å². The second kappa shape index (κ2) is 5.13. The summed E-state index contributed by atoms with van der Waals surface area (Å²) in [5.74, 6) is -0.494. The summed E-state index contributed by atoms with van der Waals surface area (Å²) in [6, 6.07) is 11.9. The van der Waals surface area contributed by atoms with E-state index in [1.54, 1.807) is 18.2 Å². The van der Waals surface area contributed by atoms with Crippen LogP contribution in [0.1, 0.15) is 18.1 Å². The lowest BCUT2D eigenvalue weighted by Crippen LogP contribution is -2.36. The van der Waals surface area contributed by atoms with Gasteiger partial charge in [-0.3, -0.25) is 4.31 Å². The summed E-state index contributed by atoms with van der Waals surface area (Å²) in [6.07, 6.45) is -0.611. The van der Waals surface area contributed by atoms with E-state index >= 15 is 0 Å². The highest BCUT2D eigenvalue weighted by molar-refractivity contribution is 7.92. The number of hydrogen-bond acceptors (Lipinski definition) is 3. The van der Waals surface area contributed by atoms with Gasteiger partial charge in [-0.05, 0) is 36.8 Å². The summed E-state index contributed by atoms with van der Waals surface area (Å²) < 4.78 is 39.9. The van der Waals surface area contributed by atoms with Crippen molar-refractivity contribution in [2.24, 2.45) is 0 Å². The molecule has 110 valence electrons. The number of anilines is 1. The number of benzene rings is 2. The number of nitrogens with zero attached hydrogens (tertiary/aromatic N) is 1. The molecule has 6 heteroatoms. The number of hydrogen-bond donors (Lipinski definition) is 1. The van der Waals surface area contributed by atoms with Crippen LogP contribution in [0.3, 0.4) is 0 Å². The van der Waals surface area contributed by atoms with Crippen molar-refractivity contribution in [2.45, 2.75) is 17.4 Å². The van der Waals surface area contributed by atoms with Crippen LogP contribution in [-0.2, 0) is 10.0 Å². The Kier molecular flexibility index (Phi) is 3.43. The van der Waals surface area contributed by atoms with Gasteiger partial charge in [-0.2, -0.15) is 0 Å². The lowest BCUT2D eigenvalue weighted by molar-refractivity contribution is 0.166. The topological polar surface area (TPSA) is 57.6 Å². The molecule has 1 aliphatic rings. The fourth-order valence-corrected chi connectivity index (χ4v) is 4.03. The molecule has 4 nitrogen and oxygen atoms in total. The maximum atomic E-state index is 13.3. The van der Waals surface area contributed by atoms with Gasteiger partial charge in [-0.1, -0.05) is 18.2 Å². The van der Waals surface area contributed by atoms with Crippen LogP contribution in [0.2, 0.25) is 0 Å². The molecular formula is C15H14FNO3S. The van der Waals surface area contributed by atoms with Crippen molar-refractivity contribution in [3.8, 4) is 0 Å². The van der Waals surface area contributed by atoms with Gasteiger partial charge >= 0.3 is 0 Å². The van der Waals surface area contributed by atoms with E-state index in [9.17, 15) is 17.9 Å². The minimum absolute atomic E-state index is 0.164. The zero-order valence-electron chi connectivity index (χ0n) is 11.1. The van der Waals surface area contributed by atoms with E-state index in [2.05, 4.69) is 0 Å². The standard InChI is InChI=1S/C15H14FNO3S/c16-11-6-7-14-13(10-11)15(18)8-9-17(14)21(19,20)12-4-2-1-3-5-12/h1-7,10,15,18H,8-9H2. The van der Waals surface area contributed by atoms with Gasteiger partial charge in [0, 0.05) is 12.1 Å². The Labute approximate surface area is 122 Å². The highest BCUT2D eigenvalue weighted by Gasteiger charge is 2.32. The molecule has 3 rings (SSSR count). The Bertz CT molecular complexity index is 762. The molecule has 2 aromatic carbocycles. The number of aliphatic hydroxyl groups excluding tert-OH is 1. The van der Waals surface area contributed by atoms with Crippen LogP contribution >= 0.6 is 0 Å². The molecule has 21 heavy (non-hydrogen) atoms. The van der Waals surface area contributed by atoms with Gasteiger partial charge < -0.3 is 5.11 Å². The van der Waals surface area contributed by atoms with Crippen LogP contribution in [0.15, 0.2) is 53.4 Å². The maximum Gasteiger partial charge on any atom is 0.264 e. The summed E-state index contributed by atoms with van der Waals surface area (Å²) in [5.41, 5.74) is 0.639. The van der Waals surface area contributed by atoms with E-state index in [0.717, 1.165) is 0 Å². The number of fused-ring (bicyclic) bond motifs is 1. The predicted octanol–water partition coefficient (Wildman–Crippen LogP) is 2.46. The average Bonchev–Trinajstić information content (AvgIpc) is 2.49. The molecule has 0 amide bonds. The van der Waals surface area contributed by atoms with Gasteiger partial charge in [0.15, 0.2) is 0 Å². The van der Waals surface area contributed by atoms with Gasteiger partial charge in [0.1, 0.15) is 5.82 Å². The second-order valence-electron chi connectivity index (χ2n) is 4.90. The van der Waals surface area contributed by atoms with Crippen molar-refractivity contribution in [3.05, 3.63) is 59.9 Å². The monoisotopic (exact) mass is 307 g/mol. The molecule has 0 saturated carbocycles. The Hall–Kier alpha value is -1.92. The Balaban J connectivity index is 2.12. The van der Waals surface area contributed by atoms with Crippen molar-refractivity contribution in [1.29, 1.82) is 0 Å². The molecule has 0 bridgehead atoms. The van der Waals surface area contributed by atoms with Crippen LogP contribution in [-0.4, -0.2) is 20.1 Å². The average molecular weight is 307 g/mol. The van der Waals surface area contributed by atoms with Crippen LogP contribution in [0, 0.1) is 5.82 Å². The minimum Gasteiger partial charge on any atom is -0.388 e. The second-order valence-corrected chi connectivity index (χ2v) is 6.76. The lowest BCUT2D eigenvalue weighted by Gasteiger charge is -2.33. The first-order valence-electron chi connectivity index (χ1n) is 6.55. The third-order valence-electron chi connectivity index (χ3n) is 3.55. The van der Waals surface area contributed by atoms with Crippen molar-refractivity contribution in [3.63, 3.8) is 0 Å². The number of sulfonamides is 1. The quantitative estimate of drug-likeness (QED) is 0.927. The number of rotatable bonds is 2. The van der Waals surface area contributed by atoms with E-state index in [0.29, 0.717) is 11.3 Å². The predicted molar refractivity (Wildman–Crippen MR) is 77.0 cm³/mol. The zero-order chi connectivity index (χ0) is 15.0. The van der Waals surface area contributed by atoms with Crippen LogP contribution < -0.4 is 4.31 Å². The van der Waals surface area contributed by atoms with E-state index < -0.39 is 21.9 Å². The molecule has 0 spiro atoms. The normalized spacial score (nSPS) is 18.4. The van der Waals surface area contributed by atoms with E-state index in [1.807, 2.05) is 0 Å². The molecule has 0 saturated heterocycles. The summed E-state index contributed by atoms with van der Waals surface area (Å²) >= 11 is 0. The number of halogens is 1. The maximum absolute atomic E-state index is 13.3. The first-order chi connectivity index (χ1) is 10.00. The summed E-state index contributed by atoms with van der Waals surface area (Å²) in [6.45, 7) is 0.164. The molecule has 2 aromatic rings. The van der Waals surface area contributed by atoms with Crippen molar-refractivity contribution >= 4 is 15.7 Å². The first-order valence-corrected chi connectivity index (χ1v) is 7.99. The molecule has 1 atom stereocenters. The zero-order valence-corrected chi connectivity index (χ0v) is 11.9. The van der Waals surface area contributed by atoms with Gasteiger partial charge in [-0.15, -0.1) is 0 Å². The van der Waals surface area contributed by atoms with Crippen molar-refractivity contribution in [2.75, 3.05) is 10.8 Å². The molecule has 1 unspecified atom stereocenters. The lowest BCUT2D eigenvalue weighted by atomic mass is 10.0.